The highest BCUT2D eigenvalue weighted by atomic mass is 32.1. The summed E-state index contributed by atoms with van der Waals surface area (Å²) in [5.74, 6) is -0.200. The van der Waals surface area contributed by atoms with Crippen molar-refractivity contribution in [3.05, 3.63) is 39.7 Å². The van der Waals surface area contributed by atoms with E-state index in [-0.39, 0.29) is 5.91 Å². The maximum Gasteiger partial charge on any atom is 0.328 e. The van der Waals surface area contributed by atoms with Gasteiger partial charge in [0.15, 0.2) is 5.82 Å². The van der Waals surface area contributed by atoms with E-state index in [2.05, 4.69) is 15.5 Å². The predicted octanol–water partition coefficient (Wildman–Crippen LogP) is 1.51. The van der Waals surface area contributed by atoms with Gasteiger partial charge in [0.2, 0.25) is 5.89 Å². The molecule has 2 aromatic rings. The van der Waals surface area contributed by atoms with Gasteiger partial charge in [-0.2, -0.15) is 4.98 Å². The molecule has 0 spiro atoms. The van der Waals surface area contributed by atoms with E-state index in [1.807, 2.05) is 0 Å². The van der Waals surface area contributed by atoms with Gasteiger partial charge in [0, 0.05) is 30.8 Å². The van der Waals surface area contributed by atoms with Crippen LogP contribution in [0.3, 0.4) is 0 Å². The molecule has 0 unspecified atom stereocenters. The van der Waals surface area contributed by atoms with Crippen LogP contribution in [0.4, 0.5) is 0 Å². The summed E-state index contributed by atoms with van der Waals surface area (Å²) >= 11 is 1.22. The summed E-state index contributed by atoms with van der Waals surface area (Å²) < 4.78 is 4.83. The van der Waals surface area contributed by atoms with E-state index in [0.29, 0.717) is 34.4 Å². The number of aliphatic carboxylic acids is 1. The number of hydrogen-bond donors (Lipinski definition) is 2. The molecule has 0 atom stereocenters. The minimum Gasteiger partial charge on any atom is -0.478 e. The van der Waals surface area contributed by atoms with Gasteiger partial charge in [-0.15, -0.1) is 11.3 Å². The molecule has 2 aromatic heterocycles. The van der Waals surface area contributed by atoms with Crippen LogP contribution in [0.5, 0.6) is 0 Å². The normalized spacial score (nSPS) is 10.9. The maximum atomic E-state index is 11.9. The summed E-state index contributed by atoms with van der Waals surface area (Å²) in [6.07, 6.45) is 2.97. The second-order valence-corrected chi connectivity index (χ2v) is 5.22. The second-order valence-electron chi connectivity index (χ2n) is 4.11. The summed E-state index contributed by atoms with van der Waals surface area (Å²) in [5, 5.41) is 15.0. The highest BCUT2D eigenvalue weighted by molar-refractivity contribution is 7.14. The van der Waals surface area contributed by atoms with Gasteiger partial charge >= 0.3 is 5.97 Å². The van der Waals surface area contributed by atoms with Gasteiger partial charge in [-0.25, -0.2) is 4.79 Å². The van der Waals surface area contributed by atoms with Gasteiger partial charge in [-0.05, 0) is 18.2 Å². The predicted molar refractivity (Wildman–Crippen MR) is 76.1 cm³/mol. The first-order valence-electron chi connectivity index (χ1n) is 6.13. The number of carboxylic acid groups (broad SMARTS) is 1. The molecule has 7 nitrogen and oxygen atoms in total. The summed E-state index contributed by atoms with van der Waals surface area (Å²) in [4.78, 5) is 27.6. The van der Waals surface area contributed by atoms with Crippen LogP contribution in [0, 0.1) is 6.92 Å². The van der Waals surface area contributed by atoms with Gasteiger partial charge in [-0.1, -0.05) is 5.16 Å². The fourth-order valence-electron chi connectivity index (χ4n) is 1.54. The van der Waals surface area contributed by atoms with Gasteiger partial charge in [0.05, 0.1) is 4.88 Å². The van der Waals surface area contributed by atoms with Crippen molar-refractivity contribution in [3.8, 4) is 0 Å². The summed E-state index contributed by atoms with van der Waals surface area (Å²) in [7, 11) is 0. The third kappa shape index (κ3) is 4.53. The number of aryl methyl sites for hydroxylation is 1. The van der Waals surface area contributed by atoms with Gasteiger partial charge in [0.1, 0.15) is 0 Å². The molecule has 110 valence electrons. The van der Waals surface area contributed by atoms with E-state index in [9.17, 15) is 9.59 Å². The van der Waals surface area contributed by atoms with Crippen molar-refractivity contribution >= 4 is 29.3 Å². The number of carboxylic acids is 1. The van der Waals surface area contributed by atoms with Gasteiger partial charge in [-0.3, -0.25) is 4.79 Å². The van der Waals surface area contributed by atoms with Crippen LogP contribution in [0.2, 0.25) is 0 Å². The standard InChI is InChI=1S/C13H13N3O4S/c1-8-15-11(16-20-8)6-7-14-13(19)10-4-2-9(21-10)3-5-12(17)18/h2-5H,6-7H2,1H3,(H,14,19)(H,17,18)/b5-3+. The van der Waals surface area contributed by atoms with Crippen molar-refractivity contribution < 1.29 is 19.2 Å². The van der Waals surface area contributed by atoms with Crippen LogP contribution in [0.1, 0.15) is 26.3 Å². The van der Waals surface area contributed by atoms with E-state index in [1.54, 1.807) is 19.1 Å². The molecule has 0 saturated carbocycles. The number of carbonyl (C=O) groups excluding carboxylic acids is 1. The molecule has 8 heteroatoms. The Bertz CT molecular complexity index is 675. The molecule has 0 aliphatic carbocycles. The number of rotatable bonds is 6. The van der Waals surface area contributed by atoms with E-state index < -0.39 is 5.97 Å². The molecule has 0 radical (unpaired) electrons. The maximum absolute atomic E-state index is 11.9. The Kier molecular flexibility index (Phi) is 4.83. The van der Waals surface area contributed by atoms with Crippen molar-refractivity contribution in [2.45, 2.75) is 13.3 Å². The number of nitrogens with one attached hydrogen (secondary N) is 1. The molecule has 0 aromatic carbocycles. The molecular weight excluding hydrogens is 294 g/mol. The molecule has 2 heterocycles. The van der Waals surface area contributed by atoms with Crippen molar-refractivity contribution in [2.24, 2.45) is 0 Å². The number of hydrogen-bond acceptors (Lipinski definition) is 6. The number of amides is 1. The lowest BCUT2D eigenvalue weighted by Gasteiger charge is -2.00. The lowest BCUT2D eigenvalue weighted by Crippen LogP contribution is -2.25. The number of nitrogens with zero attached hydrogens (tertiary/aromatic N) is 2. The zero-order valence-corrected chi connectivity index (χ0v) is 12.0. The largest absolute Gasteiger partial charge is 0.478 e. The van der Waals surface area contributed by atoms with E-state index in [1.165, 1.54) is 17.4 Å². The second kappa shape index (κ2) is 6.80. The van der Waals surface area contributed by atoms with Crippen LogP contribution >= 0.6 is 11.3 Å². The van der Waals surface area contributed by atoms with E-state index in [4.69, 9.17) is 9.63 Å². The van der Waals surface area contributed by atoms with Crippen LogP contribution in [-0.4, -0.2) is 33.7 Å². The first-order chi connectivity index (χ1) is 10.0. The molecule has 2 rings (SSSR count). The van der Waals surface area contributed by atoms with Crippen molar-refractivity contribution in [1.82, 2.24) is 15.5 Å². The highest BCUT2D eigenvalue weighted by Gasteiger charge is 2.09. The summed E-state index contributed by atoms with van der Waals surface area (Å²) in [6, 6.07) is 3.35. The van der Waals surface area contributed by atoms with E-state index in [0.717, 1.165) is 6.08 Å². The van der Waals surface area contributed by atoms with Crippen molar-refractivity contribution in [3.63, 3.8) is 0 Å². The molecule has 0 aliphatic heterocycles. The quantitative estimate of drug-likeness (QED) is 0.784. The summed E-state index contributed by atoms with van der Waals surface area (Å²) in [5.41, 5.74) is 0. The molecule has 0 saturated heterocycles. The minimum absolute atomic E-state index is 0.213. The van der Waals surface area contributed by atoms with Crippen LogP contribution in [-0.2, 0) is 11.2 Å². The van der Waals surface area contributed by atoms with E-state index >= 15 is 0 Å². The third-order valence-corrected chi connectivity index (χ3v) is 3.49. The highest BCUT2D eigenvalue weighted by Crippen LogP contribution is 2.17. The average Bonchev–Trinajstić information content (AvgIpc) is 3.05. The number of aromatic nitrogens is 2. The van der Waals surface area contributed by atoms with Crippen molar-refractivity contribution in [1.29, 1.82) is 0 Å². The summed E-state index contributed by atoms with van der Waals surface area (Å²) in [6.45, 7) is 2.10. The zero-order valence-electron chi connectivity index (χ0n) is 11.2. The zero-order chi connectivity index (χ0) is 15.2. The molecule has 2 N–H and O–H groups in total. The number of thiophene rings is 1. The monoisotopic (exact) mass is 307 g/mol. The molecule has 0 fully saturated rings. The van der Waals surface area contributed by atoms with Crippen LogP contribution < -0.4 is 5.32 Å². The molecular formula is C13H13N3O4S. The van der Waals surface area contributed by atoms with Crippen LogP contribution in [0.25, 0.3) is 6.08 Å². The topological polar surface area (TPSA) is 105 Å². The Hall–Kier alpha value is -2.48. The Morgan fingerprint density at radius 3 is 2.95 bits per heavy atom. The smallest absolute Gasteiger partial charge is 0.328 e. The average molecular weight is 307 g/mol. The molecule has 0 aliphatic rings. The Morgan fingerprint density at radius 1 is 1.48 bits per heavy atom. The fraction of sp³-hybridized carbons (Fsp3) is 0.231. The van der Waals surface area contributed by atoms with Gasteiger partial charge < -0.3 is 14.9 Å². The Morgan fingerprint density at radius 2 is 2.29 bits per heavy atom. The lowest BCUT2D eigenvalue weighted by molar-refractivity contribution is -0.131. The fourth-order valence-corrected chi connectivity index (χ4v) is 2.36. The van der Waals surface area contributed by atoms with Crippen molar-refractivity contribution in [2.75, 3.05) is 6.54 Å². The molecule has 1 amide bonds. The van der Waals surface area contributed by atoms with Gasteiger partial charge in [0.25, 0.3) is 5.91 Å². The molecule has 0 bridgehead atoms. The first-order valence-corrected chi connectivity index (χ1v) is 6.94. The third-order valence-electron chi connectivity index (χ3n) is 2.44. The Labute approximate surface area is 124 Å². The lowest BCUT2D eigenvalue weighted by atomic mass is 10.3. The number of carbonyl (C=O) groups is 2. The SMILES string of the molecule is Cc1nc(CCNC(=O)c2ccc(/C=C/C(=O)O)s2)no1. The Balaban J connectivity index is 1.84. The minimum atomic E-state index is -1.02. The van der Waals surface area contributed by atoms with Crippen LogP contribution in [0.15, 0.2) is 22.7 Å². The molecule has 21 heavy (non-hydrogen) atoms. The first kappa shape index (κ1) is 14.9.